The fraction of sp³-hybridized carbons (Fsp3) is 0.885. The zero-order valence-corrected chi connectivity index (χ0v) is 26.1. The minimum absolute atomic E-state index is 0.223. The van der Waals surface area contributed by atoms with Gasteiger partial charge < -0.3 is 96.3 Å². The number of primary amides is 2. The van der Waals surface area contributed by atoms with Crippen LogP contribution in [-0.2, 0) is 42.8 Å². The van der Waals surface area contributed by atoms with Gasteiger partial charge in [-0.3, -0.25) is 19.3 Å². The smallest absolute Gasteiger partial charge is 0.234 e. The molecular weight excluding hydrogens is 672 g/mol. The first-order valence-corrected chi connectivity index (χ1v) is 15.2. The Labute approximate surface area is 278 Å². The number of nitrogens with two attached hydrogens (primary N) is 2. The molecule has 15 atom stereocenters. The van der Waals surface area contributed by atoms with Crippen LogP contribution in [0.5, 0.6) is 0 Å². The lowest BCUT2D eigenvalue weighted by Gasteiger charge is -2.46. The lowest BCUT2D eigenvalue weighted by molar-refractivity contribution is -0.366. The normalized spacial score (nSPS) is 39.9. The van der Waals surface area contributed by atoms with Gasteiger partial charge in [-0.25, -0.2) is 0 Å². The summed E-state index contributed by atoms with van der Waals surface area (Å²) in [7, 11) is 0. The van der Waals surface area contributed by atoms with Crippen LogP contribution in [0.1, 0.15) is 0 Å². The van der Waals surface area contributed by atoms with Crippen molar-refractivity contribution in [3.8, 4) is 0 Å². The Balaban J connectivity index is 1.69. The highest BCUT2D eigenvalue weighted by atomic mass is 16.7. The highest BCUT2D eigenvalue weighted by Gasteiger charge is 2.52. The summed E-state index contributed by atoms with van der Waals surface area (Å²) in [5.41, 5.74) is 10.2. The highest BCUT2D eigenvalue weighted by Crippen LogP contribution is 2.31. The van der Waals surface area contributed by atoms with Gasteiger partial charge in [0.15, 0.2) is 18.9 Å². The van der Waals surface area contributed by atoms with Gasteiger partial charge in [-0.15, -0.1) is 0 Å². The second-order valence-electron chi connectivity index (χ2n) is 11.7. The summed E-state index contributed by atoms with van der Waals surface area (Å²) in [5, 5.41) is 105. The second-order valence-corrected chi connectivity index (χ2v) is 11.7. The zero-order chi connectivity index (χ0) is 36.6. The molecule has 284 valence electrons. The Kier molecular flexibility index (Phi) is 15.8. The van der Waals surface area contributed by atoms with Crippen molar-refractivity contribution >= 4 is 17.7 Å². The minimum atomic E-state index is -1.93. The topological polar surface area (TPSA) is 376 Å². The Hall–Kier alpha value is -2.27. The predicted octanol–water partition coefficient (Wildman–Crippen LogP) is -10.2. The third-order valence-corrected chi connectivity index (χ3v) is 7.89. The van der Waals surface area contributed by atoms with Gasteiger partial charge in [0.05, 0.1) is 46.1 Å². The fourth-order valence-corrected chi connectivity index (χ4v) is 5.30. The second kappa shape index (κ2) is 18.8. The zero-order valence-electron chi connectivity index (χ0n) is 26.1. The molecule has 3 aliphatic heterocycles. The number of carbonyl (C=O) groups is 3. The summed E-state index contributed by atoms with van der Waals surface area (Å²) in [6, 6.07) is 0. The molecule has 0 aromatic heterocycles. The largest absolute Gasteiger partial charge is 0.394 e. The molecule has 3 rings (SSSR count). The van der Waals surface area contributed by atoms with Gasteiger partial charge in [-0.1, -0.05) is 0 Å². The van der Waals surface area contributed by atoms with Crippen molar-refractivity contribution in [3.63, 3.8) is 0 Å². The molecule has 0 aliphatic carbocycles. The molecule has 0 unspecified atom stereocenters. The average Bonchev–Trinajstić information content (AvgIpc) is 3.04. The molecule has 49 heavy (non-hydrogen) atoms. The molecule has 3 aliphatic rings. The minimum Gasteiger partial charge on any atom is -0.394 e. The van der Waals surface area contributed by atoms with E-state index in [-0.39, 0.29) is 13.2 Å². The number of aliphatic hydroxyl groups is 10. The maximum atomic E-state index is 12.3. The van der Waals surface area contributed by atoms with Crippen LogP contribution in [0.25, 0.3) is 0 Å². The van der Waals surface area contributed by atoms with Crippen molar-refractivity contribution < 1.29 is 93.9 Å². The van der Waals surface area contributed by atoms with Gasteiger partial charge >= 0.3 is 0 Å². The first kappa shape index (κ1) is 41.2. The molecule has 15 N–H and O–H groups in total. The molecule has 23 heteroatoms. The Bertz CT molecular complexity index is 1060. The van der Waals surface area contributed by atoms with Crippen molar-refractivity contribution in [1.29, 1.82) is 0 Å². The summed E-state index contributed by atoms with van der Waals surface area (Å²) in [5.74, 6) is -2.29. The molecule has 3 amide bonds. The van der Waals surface area contributed by atoms with E-state index in [9.17, 15) is 65.4 Å². The molecule has 3 fully saturated rings. The fourth-order valence-electron chi connectivity index (χ4n) is 5.30. The van der Waals surface area contributed by atoms with E-state index in [0.29, 0.717) is 0 Å². The Morgan fingerprint density at radius 2 is 1.10 bits per heavy atom. The van der Waals surface area contributed by atoms with E-state index >= 15 is 0 Å². The standard InChI is InChI=1S/C26H46N4O19/c27-12(33)3-30(4-13(28)34)5-14(35)29-1-2-44-25-22(43)23(49-26-21(42)19(40)16(37)10(7-32)47-26)17(38)11(48-25)8-45-24-20(41)18(39)15(36)9(6-31)46-24/h9-11,15-26,31-32,36-43H,1-8H2,(H2,27,33)(H2,28,34)(H,29,35)/t9-,10-,11-,15-,16-,17-,18+,19+,20+,21+,22+,23+,24+,25+,26-/m1/s1. The number of carbonyl (C=O) groups excluding carboxylic acids is 3. The molecule has 3 saturated heterocycles. The average molecular weight is 719 g/mol. The third kappa shape index (κ3) is 10.9. The maximum absolute atomic E-state index is 12.3. The van der Waals surface area contributed by atoms with Crippen LogP contribution in [0.3, 0.4) is 0 Å². The van der Waals surface area contributed by atoms with Gasteiger partial charge in [-0.05, 0) is 0 Å². The lowest BCUT2D eigenvalue weighted by Crippen LogP contribution is -2.65. The monoisotopic (exact) mass is 718 g/mol. The van der Waals surface area contributed by atoms with E-state index in [2.05, 4.69) is 5.32 Å². The van der Waals surface area contributed by atoms with E-state index in [1.54, 1.807) is 0 Å². The van der Waals surface area contributed by atoms with Crippen molar-refractivity contribution in [2.24, 2.45) is 11.5 Å². The van der Waals surface area contributed by atoms with Crippen molar-refractivity contribution in [2.75, 3.05) is 52.6 Å². The summed E-state index contributed by atoms with van der Waals surface area (Å²) in [6.07, 6.45) is -25.7. The number of hydrogen-bond acceptors (Lipinski definition) is 20. The lowest BCUT2D eigenvalue weighted by atomic mass is 9.96. The van der Waals surface area contributed by atoms with Crippen LogP contribution >= 0.6 is 0 Å². The molecule has 0 saturated carbocycles. The Morgan fingerprint density at radius 3 is 1.63 bits per heavy atom. The molecule has 0 spiro atoms. The summed E-state index contributed by atoms with van der Waals surface area (Å²) < 4.78 is 32.9. The quantitative estimate of drug-likeness (QED) is 0.0621. The van der Waals surface area contributed by atoms with Crippen LogP contribution in [0.2, 0.25) is 0 Å². The van der Waals surface area contributed by atoms with Gasteiger partial charge in [0.1, 0.15) is 73.2 Å². The number of ether oxygens (including phenoxy) is 6. The van der Waals surface area contributed by atoms with Gasteiger partial charge in [0.2, 0.25) is 17.7 Å². The van der Waals surface area contributed by atoms with E-state index in [0.717, 1.165) is 4.90 Å². The number of rotatable bonds is 17. The first-order valence-electron chi connectivity index (χ1n) is 15.2. The SMILES string of the molecule is NC(=O)CN(CC(N)=O)CC(=O)NCCO[C@H]1O[C@H](CO[C@H]2O[C@H](CO)[C@@H](O)[C@H](O)[C@@H]2O)[C@@H](O)[C@H](O[C@H]2O[C@H](CO)[C@@H](O)[C@H](O)[C@@H]2O)[C@@H]1O. The highest BCUT2D eigenvalue weighted by molar-refractivity contribution is 5.82. The number of hydrogen-bond donors (Lipinski definition) is 13. The molecule has 0 bridgehead atoms. The molecule has 23 nitrogen and oxygen atoms in total. The Morgan fingerprint density at radius 1 is 0.612 bits per heavy atom. The van der Waals surface area contributed by atoms with E-state index in [4.69, 9.17) is 39.9 Å². The predicted molar refractivity (Wildman–Crippen MR) is 153 cm³/mol. The maximum Gasteiger partial charge on any atom is 0.234 e. The van der Waals surface area contributed by atoms with E-state index < -0.39 is 149 Å². The van der Waals surface area contributed by atoms with Gasteiger partial charge in [-0.2, -0.15) is 0 Å². The van der Waals surface area contributed by atoms with Crippen LogP contribution in [0.4, 0.5) is 0 Å². The van der Waals surface area contributed by atoms with Crippen LogP contribution in [-0.4, -0.2) is 218 Å². The number of nitrogens with one attached hydrogen (secondary N) is 1. The molecule has 0 aromatic carbocycles. The summed E-state index contributed by atoms with van der Waals surface area (Å²) >= 11 is 0. The number of amides is 3. The van der Waals surface area contributed by atoms with Crippen molar-refractivity contribution in [2.45, 2.75) is 92.1 Å². The van der Waals surface area contributed by atoms with E-state index in [1.807, 2.05) is 0 Å². The van der Waals surface area contributed by atoms with Crippen LogP contribution < -0.4 is 16.8 Å². The number of aliphatic hydroxyl groups excluding tert-OH is 10. The molecule has 0 radical (unpaired) electrons. The van der Waals surface area contributed by atoms with Gasteiger partial charge in [0, 0.05) is 6.54 Å². The summed E-state index contributed by atoms with van der Waals surface area (Å²) in [6.45, 7) is -4.11. The van der Waals surface area contributed by atoms with Gasteiger partial charge in [0.25, 0.3) is 0 Å². The van der Waals surface area contributed by atoms with Crippen molar-refractivity contribution in [3.05, 3.63) is 0 Å². The molecule has 0 aromatic rings. The van der Waals surface area contributed by atoms with Crippen LogP contribution in [0, 0.1) is 0 Å². The van der Waals surface area contributed by atoms with Crippen LogP contribution in [0.15, 0.2) is 0 Å². The van der Waals surface area contributed by atoms with E-state index in [1.165, 1.54) is 0 Å². The number of nitrogens with zero attached hydrogens (tertiary/aromatic N) is 1. The van der Waals surface area contributed by atoms with Crippen molar-refractivity contribution in [1.82, 2.24) is 10.2 Å². The molecule has 3 heterocycles. The summed E-state index contributed by atoms with van der Waals surface area (Å²) in [4.78, 5) is 35.9. The third-order valence-electron chi connectivity index (χ3n) is 7.89. The molecular formula is C26H46N4O19. The first-order chi connectivity index (χ1) is 23.1.